The van der Waals surface area contributed by atoms with Crippen molar-refractivity contribution < 1.29 is 51.5 Å². The third kappa shape index (κ3) is 6.96. The SMILES string of the molecule is CC(C)(C[C@@H]1[C@H](CO)O[C@@H](n2ccc(N)nc2=O)C1(F)F)OC(=O)OC(C)(C)C[C@@H]1[C@H](CO)O[C@@H](n2ccc(N)nc2=O)C1(F)F. The van der Waals surface area contributed by atoms with Crippen LogP contribution in [0.5, 0.6) is 0 Å². The van der Waals surface area contributed by atoms with Crippen LogP contribution in [0.25, 0.3) is 0 Å². The average Bonchev–Trinajstić information content (AvgIpc) is 3.31. The normalized spacial score (nSPS) is 27.4. The van der Waals surface area contributed by atoms with Gasteiger partial charge >= 0.3 is 17.5 Å². The number of carbonyl (C=O) groups excluding carboxylic acids is 1. The Labute approximate surface area is 259 Å². The number of aliphatic hydroxyl groups excluding tert-OH is 2. The molecule has 2 aromatic heterocycles. The molecule has 2 saturated heterocycles. The van der Waals surface area contributed by atoms with Crippen molar-refractivity contribution >= 4 is 17.8 Å². The van der Waals surface area contributed by atoms with Crippen molar-refractivity contribution in [1.29, 1.82) is 0 Å². The van der Waals surface area contributed by atoms with Crippen LogP contribution >= 0.6 is 0 Å². The van der Waals surface area contributed by atoms with Crippen LogP contribution in [0.1, 0.15) is 53.0 Å². The maximum Gasteiger partial charge on any atom is 0.509 e. The molecular weight excluding hydrogens is 628 g/mol. The fourth-order valence-electron chi connectivity index (χ4n) is 5.77. The number of nitrogen functional groups attached to an aromatic ring is 2. The van der Waals surface area contributed by atoms with E-state index in [2.05, 4.69) is 9.97 Å². The Kier molecular flexibility index (Phi) is 9.46. The summed E-state index contributed by atoms with van der Waals surface area (Å²) >= 11 is 0. The standard InChI is InChI=1S/C27H36F4N6O9/c1-24(2,9-13-15(11-38)43-19(26(13,28)29)36-7-5-17(32)34-21(36)40)45-23(42)46-25(3,4)10-14-16(12-39)44-20(27(14,30)31)37-8-6-18(33)35-22(37)41/h5-8,13-16,19-20,38-39H,9-12H2,1-4H3,(H2,32,34,40)(H2,33,35,41)/t13-,14-,15+,16+,19-,20-/m1/s1. The van der Waals surface area contributed by atoms with Gasteiger partial charge in [0.05, 0.1) is 37.3 Å². The van der Waals surface area contributed by atoms with Crippen molar-refractivity contribution in [2.45, 2.75) is 88.2 Å². The van der Waals surface area contributed by atoms with Gasteiger partial charge in [0.15, 0.2) is 0 Å². The third-order valence-electron chi connectivity index (χ3n) is 7.86. The number of hydrogen-bond donors (Lipinski definition) is 4. The van der Waals surface area contributed by atoms with Crippen LogP contribution in [0.15, 0.2) is 34.1 Å². The van der Waals surface area contributed by atoms with Crippen LogP contribution in [0.4, 0.5) is 34.0 Å². The second-order valence-electron chi connectivity index (χ2n) is 12.4. The Balaban J connectivity index is 1.45. The number of anilines is 2. The molecule has 6 atom stereocenters. The number of rotatable bonds is 10. The first-order valence-corrected chi connectivity index (χ1v) is 14.1. The van der Waals surface area contributed by atoms with Crippen molar-refractivity contribution in [2.24, 2.45) is 11.8 Å². The lowest BCUT2D eigenvalue weighted by Crippen LogP contribution is -2.44. The first kappa shape index (κ1) is 35.1. The monoisotopic (exact) mass is 664 g/mol. The minimum absolute atomic E-state index is 0.195. The number of nitrogens with zero attached hydrogens (tertiary/aromatic N) is 4. The molecule has 0 radical (unpaired) electrons. The zero-order valence-corrected chi connectivity index (χ0v) is 25.3. The van der Waals surface area contributed by atoms with Gasteiger partial charge in [-0.3, -0.25) is 9.13 Å². The van der Waals surface area contributed by atoms with Gasteiger partial charge in [0.25, 0.3) is 11.8 Å². The maximum absolute atomic E-state index is 15.6. The molecule has 0 bridgehead atoms. The molecule has 256 valence electrons. The zero-order valence-electron chi connectivity index (χ0n) is 25.3. The number of hydrogen-bond acceptors (Lipinski definition) is 13. The molecule has 4 rings (SSSR count). The van der Waals surface area contributed by atoms with Crippen LogP contribution in [0.2, 0.25) is 0 Å². The Morgan fingerprint density at radius 3 is 1.48 bits per heavy atom. The molecule has 19 heteroatoms. The number of nitrogens with two attached hydrogens (primary N) is 2. The van der Waals surface area contributed by atoms with E-state index in [-0.39, 0.29) is 11.6 Å². The Morgan fingerprint density at radius 2 is 1.17 bits per heavy atom. The molecule has 15 nitrogen and oxygen atoms in total. The first-order chi connectivity index (χ1) is 21.2. The lowest BCUT2D eigenvalue weighted by molar-refractivity contribution is -0.140. The van der Waals surface area contributed by atoms with Crippen LogP contribution in [0, 0.1) is 11.8 Å². The number of alkyl halides is 4. The molecule has 0 saturated carbocycles. The van der Waals surface area contributed by atoms with Crippen molar-refractivity contribution in [3.8, 4) is 0 Å². The molecule has 46 heavy (non-hydrogen) atoms. The zero-order chi connectivity index (χ0) is 34.4. The Morgan fingerprint density at radius 1 is 0.826 bits per heavy atom. The summed E-state index contributed by atoms with van der Waals surface area (Å²) in [5.41, 5.74) is 5.30. The minimum Gasteiger partial charge on any atom is -0.428 e. The highest BCUT2D eigenvalue weighted by Crippen LogP contribution is 2.51. The number of halogens is 4. The Hall–Kier alpha value is -3.81. The highest BCUT2D eigenvalue weighted by atomic mass is 19.3. The summed E-state index contributed by atoms with van der Waals surface area (Å²) in [6.45, 7) is 3.45. The van der Waals surface area contributed by atoms with E-state index in [1.807, 2.05) is 0 Å². The summed E-state index contributed by atoms with van der Waals surface area (Å²) in [5, 5.41) is 19.6. The fraction of sp³-hybridized carbons (Fsp3) is 0.667. The van der Waals surface area contributed by atoms with Gasteiger partial charge in [-0.2, -0.15) is 9.97 Å². The molecule has 0 aromatic carbocycles. The molecule has 4 heterocycles. The minimum atomic E-state index is -3.76. The number of carbonyl (C=O) groups is 1. The van der Waals surface area contributed by atoms with Crippen molar-refractivity contribution in [3.05, 3.63) is 45.5 Å². The third-order valence-corrected chi connectivity index (χ3v) is 7.86. The second-order valence-corrected chi connectivity index (χ2v) is 12.4. The van der Waals surface area contributed by atoms with Crippen LogP contribution < -0.4 is 22.8 Å². The van der Waals surface area contributed by atoms with E-state index in [9.17, 15) is 24.6 Å². The summed E-state index contributed by atoms with van der Waals surface area (Å²) < 4.78 is 84.9. The highest BCUT2D eigenvalue weighted by molar-refractivity contribution is 5.61. The predicted molar refractivity (Wildman–Crippen MR) is 150 cm³/mol. The van der Waals surface area contributed by atoms with Crippen LogP contribution in [0.3, 0.4) is 0 Å². The van der Waals surface area contributed by atoms with Gasteiger partial charge in [0, 0.05) is 12.4 Å². The van der Waals surface area contributed by atoms with Crippen molar-refractivity contribution in [1.82, 2.24) is 19.1 Å². The summed E-state index contributed by atoms with van der Waals surface area (Å²) in [6.07, 6.45) is -7.82. The maximum atomic E-state index is 15.6. The Bertz CT molecular complexity index is 1440. The van der Waals surface area contributed by atoms with E-state index in [1.165, 1.54) is 27.7 Å². The molecule has 2 aliphatic heterocycles. The van der Waals surface area contributed by atoms with Gasteiger partial charge in [-0.05, 0) is 52.7 Å². The first-order valence-electron chi connectivity index (χ1n) is 14.1. The largest absolute Gasteiger partial charge is 0.509 e. The molecule has 2 aromatic rings. The number of ether oxygens (including phenoxy) is 4. The van der Waals surface area contributed by atoms with Gasteiger partial charge in [-0.25, -0.2) is 31.9 Å². The van der Waals surface area contributed by atoms with E-state index in [0.717, 1.165) is 24.5 Å². The lowest BCUT2D eigenvalue weighted by Gasteiger charge is -2.35. The smallest absolute Gasteiger partial charge is 0.428 e. The predicted octanol–water partition coefficient (Wildman–Crippen LogP) is 1.44. The summed E-state index contributed by atoms with van der Waals surface area (Å²) in [4.78, 5) is 44.1. The average molecular weight is 665 g/mol. The molecular formula is C27H36F4N6O9. The fourth-order valence-corrected chi connectivity index (χ4v) is 5.77. The highest BCUT2D eigenvalue weighted by Gasteiger charge is 2.62. The van der Waals surface area contributed by atoms with E-state index in [4.69, 9.17) is 30.4 Å². The van der Waals surface area contributed by atoms with Gasteiger partial charge in [-0.1, -0.05) is 0 Å². The van der Waals surface area contributed by atoms with Gasteiger partial charge in [0.2, 0.25) is 12.5 Å². The van der Waals surface area contributed by atoms with E-state index in [0.29, 0.717) is 9.13 Å². The van der Waals surface area contributed by atoms with Crippen molar-refractivity contribution in [3.63, 3.8) is 0 Å². The topological polar surface area (TPSA) is 216 Å². The quantitative estimate of drug-likeness (QED) is 0.209. The van der Waals surface area contributed by atoms with E-state index < -0.39 is 103 Å². The summed E-state index contributed by atoms with van der Waals surface area (Å²) in [7, 11) is 0. The van der Waals surface area contributed by atoms with Crippen molar-refractivity contribution in [2.75, 3.05) is 24.7 Å². The summed E-state index contributed by atoms with van der Waals surface area (Å²) in [5.74, 6) is -11.4. The number of aromatic nitrogens is 4. The molecule has 6 N–H and O–H groups in total. The molecule has 0 amide bonds. The van der Waals surface area contributed by atoms with Gasteiger partial charge in [0.1, 0.15) is 22.8 Å². The summed E-state index contributed by atoms with van der Waals surface area (Å²) in [6, 6.07) is 2.25. The second kappa shape index (κ2) is 12.4. The molecule has 2 fully saturated rings. The van der Waals surface area contributed by atoms with Crippen LogP contribution in [-0.2, 0) is 18.9 Å². The molecule has 2 aliphatic rings. The molecule has 0 spiro atoms. The number of aliphatic hydroxyl groups is 2. The lowest BCUT2D eigenvalue weighted by atomic mass is 9.85. The van der Waals surface area contributed by atoms with Gasteiger partial charge in [-0.15, -0.1) is 0 Å². The van der Waals surface area contributed by atoms with Crippen LogP contribution in [-0.4, -0.2) is 83.9 Å². The molecule has 0 unspecified atom stereocenters. The van der Waals surface area contributed by atoms with E-state index >= 15 is 17.6 Å². The van der Waals surface area contributed by atoms with Gasteiger partial charge < -0.3 is 40.6 Å². The van der Waals surface area contributed by atoms with E-state index in [1.54, 1.807) is 0 Å². The molecule has 0 aliphatic carbocycles.